The molecule has 0 fully saturated rings. The molecule has 2 amide bonds. The van der Waals surface area contributed by atoms with Gasteiger partial charge in [0.2, 0.25) is 0 Å². The van der Waals surface area contributed by atoms with Gasteiger partial charge in [-0.2, -0.15) is 0 Å². The molecule has 0 aliphatic rings. The average molecular weight is 279 g/mol. The van der Waals surface area contributed by atoms with Crippen LogP contribution >= 0.6 is 0 Å². The fraction of sp³-hybridized carbons (Fsp3) is 0.533. The Morgan fingerprint density at radius 2 is 2.00 bits per heavy atom. The van der Waals surface area contributed by atoms with E-state index in [0.29, 0.717) is 13.0 Å². The van der Waals surface area contributed by atoms with Crippen molar-refractivity contribution in [3.63, 3.8) is 0 Å². The van der Waals surface area contributed by atoms with Crippen molar-refractivity contribution in [2.45, 2.75) is 18.9 Å². The minimum absolute atomic E-state index is 0.0570. The Morgan fingerprint density at radius 1 is 1.30 bits per heavy atom. The highest BCUT2D eigenvalue weighted by molar-refractivity contribution is 5.74. The maximum absolute atomic E-state index is 11.8. The normalized spacial score (nSPS) is 12.2. The Bertz CT molecular complexity index is 382. The molecule has 1 aromatic carbocycles. The van der Waals surface area contributed by atoms with Gasteiger partial charge in [0, 0.05) is 25.7 Å². The van der Waals surface area contributed by atoms with E-state index in [2.05, 4.69) is 27.7 Å². The van der Waals surface area contributed by atoms with Crippen LogP contribution in [0.5, 0.6) is 0 Å². The first kappa shape index (κ1) is 16.5. The molecule has 1 atom stereocenters. The number of amides is 2. The lowest BCUT2D eigenvalue weighted by atomic mass is 10.1. The highest BCUT2D eigenvalue weighted by Crippen LogP contribution is 2.04. The fourth-order valence-electron chi connectivity index (χ4n) is 2.02. The molecular weight excluding hydrogens is 254 g/mol. The van der Waals surface area contributed by atoms with Crippen LogP contribution in [0.1, 0.15) is 12.0 Å². The number of nitrogens with one attached hydrogen (secondary N) is 2. The van der Waals surface area contributed by atoms with Crippen LogP contribution in [0.15, 0.2) is 30.3 Å². The highest BCUT2D eigenvalue weighted by atomic mass is 16.3. The first-order chi connectivity index (χ1) is 9.61. The van der Waals surface area contributed by atoms with E-state index in [9.17, 15) is 4.79 Å². The lowest BCUT2D eigenvalue weighted by Crippen LogP contribution is -2.47. The van der Waals surface area contributed by atoms with Crippen molar-refractivity contribution in [2.75, 3.05) is 33.8 Å². The Kier molecular flexibility index (Phi) is 7.69. The molecule has 112 valence electrons. The predicted octanol–water partition coefficient (Wildman–Crippen LogP) is 0.841. The molecule has 5 heteroatoms. The van der Waals surface area contributed by atoms with Gasteiger partial charge in [-0.25, -0.2) is 4.79 Å². The smallest absolute Gasteiger partial charge is 0.315 e. The SMILES string of the molecule is CN(C)CC(Cc1ccccc1)NC(=O)NCCCO. The van der Waals surface area contributed by atoms with Crippen LogP contribution in [-0.4, -0.2) is 55.9 Å². The van der Waals surface area contributed by atoms with Crippen LogP contribution in [0, 0.1) is 0 Å². The minimum atomic E-state index is -0.179. The molecule has 1 aromatic rings. The van der Waals surface area contributed by atoms with Crippen LogP contribution in [-0.2, 0) is 6.42 Å². The average Bonchev–Trinajstić information content (AvgIpc) is 2.39. The Morgan fingerprint density at radius 3 is 2.60 bits per heavy atom. The van der Waals surface area contributed by atoms with Gasteiger partial charge in [-0.1, -0.05) is 30.3 Å². The van der Waals surface area contributed by atoms with Gasteiger partial charge in [-0.3, -0.25) is 0 Å². The summed E-state index contributed by atoms with van der Waals surface area (Å²) in [7, 11) is 3.98. The summed E-state index contributed by atoms with van der Waals surface area (Å²) in [6.07, 6.45) is 1.37. The van der Waals surface area contributed by atoms with Crippen molar-refractivity contribution in [2.24, 2.45) is 0 Å². The number of urea groups is 1. The molecule has 3 N–H and O–H groups in total. The Hall–Kier alpha value is -1.59. The molecule has 0 aromatic heterocycles. The maximum Gasteiger partial charge on any atom is 0.315 e. The molecular formula is C15H25N3O2. The second kappa shape index (κ2) is 9.34. The van der Waals surface area contributed by atoms with E-state index in [-0.39, 0.29) is 18.7 Å². The van der Waals surface area contributed by atoms with Crippen LogP contribution in [0.3, 0.4) is 0 Å². The number of benzene rings is 1. The Balaban J connectivity index is 2.49. The number of aliphatic hydroxyl groups excluding tert-OH is 1. The monoisotopic (exact) mass is 279 g/mol. The van der Waals surface area contributed by atoms with Crippen molar-refractivity contribution in [1.82, 2.24) is 15.5 Å². The third-order valence-corrected chi connectivity index (χ3v) is 2.87. The summed E-state index contributed by atoms with van der Waals surface area (Å²) in [5.41, 5.74) is 1.20. The lowest BCUT2D eigenvalue weighted by molar-refractivity contribution is 0.230. The second-order valence-corrected chi connectivity index (χ2v) is 5.13. The number of rotatable bonds is 8. The van der Waals surface area contributed by atoms with Crippen molar-refractivity contribution in [1.29, 1.82) is 0 Å². The molecule has 1 unspecified atom stereocenters. The summed E-state index contributed by atoms with van der Waals surface area (Å²) in [6.45, 7) is 1.36. The molecule has 0 aliphatic heterocycles. The molecule has 0 bridgehead atoms. The summed E-state index contributed by atoms with van der Waals surface area (Å²) < 4.78 is 0. The number of likely N-dealkylation sites (N-methyl/N-ethyl adjacent to an activating group) is 1. The van der Waals surface area contributed by atoms with E-state index in [0.717, 1.165) is 13.0 Å². The van der Waals surface area contributed by atoms with Crippen molar-refractivity contribution in [3.05, 3.63) is 35.9 Å². The van der Waals surface area contributed by atoms with Crippen LogP contribution in [0.4, 0.5) is 4.79 Å². The van der Waals surface area contributed by atoms with E-state index in [4.69, 9.17) is 5.11 Å². The van der Waals surface area contributed by atoms with Gasteiger partial charge in [-0.15, -0.1) is 0 Å². The van der Waals surface area contributed by atoms with Crippen LogP contribution in [0.2, 0.25) is 0 Å². The number of carbonyl (C=O) groups is 1. The summed E-state index contributed by atoms with van der Waals surface area (Å²) in [5.74, 6) is 0. The van der Waals surface area contributed by atoms with Gasteiger partial charge >= 0.3 is 6.03 Å². The van der Waals surface area contributed by atoms with E-state index in [1.807, 2.05) is 32.3 Å². The third-order valence-electron chi connectivity index (χ3n) is 2.87. The number of carbonyl (C=O) groups excluding carboxylic acids is 1. The quantitative estimate of drug-likeness (QED) is 0.618. The van der Waals surface area contributed by atoms with Crippen LogP contribution < -0.4 is 10.6 Å². The zero-order valence-corrected chi connectivity index (χ0v) is 12.3. The number of hydrogen-bond donors (Lipinski definition) is 3. The summed E-state index contributed by atoms with van der Waals surface area (Å²) >= 11 is 0. The van der Waals surface area contributed by atoms with Gasteiger partial charge in [0.1, 0.15) is 0 Å². The predicted molar refractivity (Wildman–Crippen MR) is 80.7 cm³/mol. The van der Waals surface area contributed by atoms with Crippen molar-refractivity contribution >= 4 is 6.03 Å². The molecule has 0 spiro atoms. The van der Waals surface area contributed by atoms with Gasteiger partial charge in [0.05, 0.1) is 0 Å². The molecule has 0 aliphatic carbocycles. The first-order valence-corrected chi connectivity index (χ1v) is 6.95. The molecule has 0 saturated heterocycles. The van der Waals surface area contributed by atoms with Gasteiger partial charge in [0.15, 0.2) is 0 Å². The lowest BCUT2D eigenvalue weighted by Gasteiger charge is -2.22. The zero-order valence-electron chi connectivity index (χ0n) is 12.3. The van der Waals surface area contributed by atoms with E-state index >= 15 is 0 Å². The van der Waals surface area contributed by atoms with Gasteiger partial charge in [-0.05, 0) is 32.5 Å². The topological polar surface area (TPSA) is 64.6 Å². The van der Waals surface area contributed by atoms with E-state index in [1.165, 1.54) is 5.56 Å². The number of hydrogen-bond acceptors (Lipinski definition) is 3. The first-order valence-electron chi connectivity index (χ1n) is 6.95. The zero-order chi connectivity index (χ0) is 14.8. The standard InChI is InChI=1S/C15H25N3O2/c1-18(2)12-14(11-13-7-4-3-5-8-13)17-15(20)16-9-6-10-19/h3-5,7-8,14,19H,6,9-12H2,1-2H3,(H2,16,17,20). The molecule has 0 heterocycles. The van der Waals surface area contributed by atoms with E-state index in [1.54, 1.807) is 0 Å². The highest BCUT2D eigenvalue weighted by Gasteiger charge is 2.13. The van der Waals surface area contributed by atoms with Crippen molar-refractivity contribution in [3.8, 4) is 0 Å². The molecule has 1 rings (SSSR count). The largest absolute Gasteiger partial charge is 0.396 e. The third kappa shape index (κ3) is 7.11. The van der Waals surface area contributed by atoms with Gasteiger partial charge < -0.3 is 20.6 Å². The summed E-state index contributed by atoms with van der Waals surface area (Å²) in [4.78, 5) is 13.8. The Labute approximate surface area is 121 Å². The molecule has 0 radical (unpaired) electrons. The molecule has 20 heavy (non-hydrogen) atoms. The second-order valence-electron chi connectivity index (χ2n) is 5.13. The summed E-state index contributed by atoms with van der Waals surface area (Å²) in [6, 6.07) is 10.00. The number of nitrogens with zero attached hydrogens (tertiary/aromatic N) is 1. The number of aliphatic hydroxyl groups is 1. The van der Waals surface area contributed by atoms with Crippen LogP contribution in [0.25, 0.3) is 0 Å². The fourth-order valence-corrected chi connectivity index (χ4v) is 2.02. The van der Waals surface area contributed by atoms with Crippen molar-refractivity contribution < 1.29 is 9.90 Å². The molecule has 5 nitrogen and oxygen atoms in total. The summed E-state index contributed by atoms with van der Waals surface area (Å²) in [5, 5.41) is 14.4. The van der Waals surface area contributed by atoms with Gasteiger partial charge in [0.25, 0.3) is 0 Å². The minimum Gasteiger partial charge on any atom is -0.396 e. The molecule has 0 saturated carbocycles. The maximum atomic E-state index is 11.8. The van der Waals surface area contributed by atoms with E-state index < -0.39 is 0 Å².